The lowest BCUT2D eigenvalue weighted by Gasteiger charge is -2.45. The Bertz CT molecular complexity index is 1000. The number of hydrogen-bond donors (Lipinski definition) is 0. The highest BCUT2D eigenvalue weighted by molar-refractivity contribution is 5.96. The van der Waals surface area contributed by atoms with E-state index in [1.807, 2.05) is 24.2 Å². The first-order valence-corrected chi connectivity index (χ1v) is 11.5. The van der Waals surface area contributed by atoms with E-state index in [1.54, 1.807) is 0 Å². The molecule has 4 aliphatic rings. The van der Waals surface area contributed by atoms with Gasteiger partial charge in [-0.15, -0.1) is 0 Å². The van der Waals surface area contributed by atoms with Crippen molar-refractivity contribution in [2.24, 2.45) is 5.92 Å². The van der Waals surface area contributed by atoms with E-state index < -0.39 is 0 Å². The maximum Gasteiger partial charge on any atom is 0.257 e. The second-order valence-electron chi connectivity index (χ2n) is 9.82. The number of likely N-dealkylation sites (N-methyl/N-ethyl adjacent to an activating group) is 1. The molecule has 2 fully saturated rings. The molecule has 0 radical (unpaired) electrons. The van der Waals surface area contributed by atoms with Gasteiger partial charge in [0.15, 0.2) is 11.5 Å². The number of rotatable bonds is 4. The highest BCUT2D eigenvalue weighted by Gasteiger charge is 2.46. The van der Waals surface area contributed by atoms with Crippen LogP contribution in [0.15, 0.2) is 24.4 Å². The smallest absolute Gasteiger partial charge is 0.257 e. The van der Waals surface area contributed by atoms with Crippen LogP contribution >= 0.6 is 0 Å². The molecule has 1 aromatic heterocycles. The fraction of sp³-hybridized carbons (Fsp3) is 0.583. The zero-order chi connectivity index (χ0) is 21.0. The first-order chi connectivity index (χ1) is 15.1. The topological polar surface area (TPSA) is 59.8 Å². The molecule has 4 heterocycles. The van der Waals surface area contributed by atoms with Gasteiger partial charge in [0.25, 0.3) is 5.91 Å². The van der Waals surface area contributed by atoms with Crippen molar-refractivity contribution in [2.75, 3.05) is 33.5 Å². The second kappa shape index (κ2) is 7.26. The molecule has 1 aromatic carbocycles. The van der Waals surface area contributed by atoms with Crippen LogP contribution in [0.4, 0.5) is 0 Å². The SMILES string of the molecule is CN1CC2(CCN(Cc3ccc4c(c3)OCO4)CC2)c2nn(CC3CCC3)cc2C1=O. The monoisotopic (exact) mass is 422 g/mol. The van der Waals surface area contributed by atoms with Gasteiger partial charge in [-0.1, -0.05) is 12.5 Å². The maximum atomic E-state index is 12.9. The van der Waals surface area contributed by atoms with Crippen molar-refractivity contribution < 1.29 is 14.3 Å². The summed E-state index contributed by atoms with van der Waals surface area (Å²) in [6.07, 6.45) is 7.99. The Balaban J connectivity index is 1.19. The van der Waals surface area contributed by atoms with Gasteiger partial charge in [-0.2, -0.15) is 5.10 Å². The van der Waals surface area contributed by atoms with Gasteiger partial charge in [0.1, 0.15) is 0 Å². The highest BCUT2D eigenvalue weighted by Crippen LogP contribution is 2.41. The molecule has 0 bridgehead atoms. The lowest BCUT2D eigenvalue weighted by Crippen LogP contribution is -2.53. The van der Waals surface area contributed by atoms with Crippen molar-refractivity contribution in [1.29, 1.82) is 0 Å². The Hall–Kier alpha value is -2.54. The minimum Gasteiger partial charge on any atom is -0.454 e. The minimum atomic E-state index is -0.0196. The normalized spacial score (nSPS) is 22.6. The van der Waals surface area contributed by atoms with Crippen molar-refractivity contribution in [3.63, 3.8) is 0 Å². The number of aromatic nitrogens is 2. The molecule has 3 aliphatic heterocycles. The molecule has 0 unspecified atom stereocenters. The lowest BCUT2D eigenvalue weighted by atomic mass is 9.72. The quantitative estimate of drug-likeness (QED) is 0.758. The molecule has 6 rings (SSSR count). The van der Waals surface area contributed by atoms with Crippen molar-refractivity contribution >= 4 is 5.91 Å². The molecule has 1 saturated carbocycles. The molecular formula is C24H30N4O3. The molecule has 31 heavy (non-hydrogen) atoms. The number of carbonyl (C=O) groups is 1. The highest BCUT2D eigenvalue weighted by atomic mass is 16.7. The molecule has 1 amide bonds. The molecule has 0 N–H and O–H groups in total. The van der Waals surface area contributed by atoms with Crippen LogP contribution in [-0.2, 0) is 18.5 Å². The third-order valence-corrected chi connectivity index (χ3v) is 7.71. The molecule has 2 aromatic rings. The molecule has 1 spiro atoms. The number of likely N-dealkylation sites (tertiary alicyclic amines) is 1. The average Bonchev–Trinajstić information content (AvgIpc) is 3.38. The Morgan fingerprint density at radius 2 is 1.97 bits per heavy atom. The zero-order valence-electron chi connectivity index (χ0n) is 18.2. The molecule has 164 valence electrons. The summed E-state index contributed by atoms with van der Waals surface area (Å²) >= 11 is 0. The summed E-state index contributed by atoms with van der Waals surface area (Å²) in [4.78, 5) is 17.3. The third-order valence-electron chi connectivity index (χ3n) is 7.71. The van der Waals surface area contributed by atoms with Crippen molar-refractivity contribution in [3.05, 3.63) is 41.2 Å². The summed E-state index contributed by atoms with van der Waals surface area (Å²) in [6, 6.07) is 6.23. The molecule has 7 heteroatoms. The van der Waals surface area contributed by atoms with Gasteiger partial charge >= 0.3 is 0 Å². The number of amides is 1. The zero-order valence-corrected chi connectivity index (χ0v) is 18.2. The predicted molar refractivity (Wildman–Crippen MR) is 115 cm³/mol. The van der Waals surface area contributed by atoms with Crippen LogP contribution in [0.3, 0.4) is 0 Å². The van der Waals surface area contributed by atoms with Crippen LogP contribution in [0.25, 0.3) is 0 Å². The molecule has 1 aliphatic carbocycles. The van der Waals surface area contributed by atoms with Gasteiger partial charge in [0, 0.05) is 38.3 Å². The fourth-order valence-electron chi connectivity index (χ4n) is 5.64. The summed E-state index contributed by atoms with van der Waals surface area (Å²) in [7, 11) is 1.94. The van der Waals surface area contributed by atoms with E-state index in [1.165, 1.54) is 24.8 Å². The Morgan fingerprint density at radius 3 is 2.74 bits per heavy atom. The van der Waals surface area contributed by atoms with E-state index in [0.29, 0.717) is 6.79 Å². The third kappa shape index (κ3) is 3.30. The van der Waals surface area contributed by atoms with Crippen LogP contribution in [0.2, 0.25) is 0 Å². The maximum absolute atomic E-state index is 12.9. The number of fused-ring (bicyclic) bond motifs is 3. The van der Waals surface area contributed by atoms with Gasteiger partial charge < -0.3 is 14.4 Å². The number of nitrogens with zero attached hydrogens (tertiary/aromatic N) is 4. The van der Waals surface area contributed by atoms with Crippen LogP contribution in [-0.4, -0.2) is 59.0 Å². The summed E-state index contributed by atoms with van der Waals surface area (Å²) in [5.74, 6) is 2.54. The first-order valence-electron chi connectivity index (χ1n) is 11.5. The number of carbonyl (C=O) groups excluding carboxylic acids is 1. The van der Waals surface area contributed by atoms with E-state index in [9.17, 15) is 4.79 Å². The van der Waals surface area contributed by atoms with E-state index in [-0.39, 0.29) is 11.3 Å². The van der Waals surface area contributed by atoms with Gasteiger partial charge in [0.05, 0.1) is 11.3 Å². The first kappa shape index (κ1) is 19.2. The number of benzene rings is 1. The van der Waals surface area contributed by atoms with Gasteiger partial charge in [0.2, 0.25) is 6.79 Å². The second-order valence-corrected chi connectivity index (χ2v) is 9.82. The summed E-state index contributed by atoms with van der Waals surface area (Å²) in [5.41, 5.74) is 3.12. The molecular weight excluding hydrogens is 392 g/mol. The minimum absolute atomic E-state index is 0.0196. The predicted octanol–water partition coefficient (Wildman–Crippen LogP) is 3.03. The molecule has 1 saturated heterocycles. The molecule has 7 nitrogen and oxygen atoms in total. The largest absolute Gasteiger partial charge is 0.454 e. The van der Waals surface area contributed by atoms with Crippen molar-refractivity contribution in [3.8, 4) is 11.5 Å². The van der Waals surface area contributed by atoms with Gasteiger partial charge in [-0.25, -0.2) is 0 Å². The number of hydrogen-bond acceptors (Lipinski definition) is 5. The van der Waals surface area contributed by atoms with Crippen molar-refractivity contribution in [2.45, 2.75) is 50.6 Å². The van der Waals surface area contributed by atoms with Crippen LogP contribution in [0.5, 0.6) is 11.5 Å². The van der Waals surface area contributed by atoms with E-state index in [4.69, 9.17) is 14.6 Å². The van der Waals surface area contributed by atoms with Gasteiger partial charge in [-0.05, 0) is 62.4 Å². The van der Waals surface area contributed by atoms with E-state index in [0.717, 1.165) is 74.2 Å². The molecule has 0 atom stereocenters. The fourth-order valence-corrected chi connectivity index (χ4v) is 5.64. The number of ether oxygens (including phenoxy) is 2. The van der Waals surface area contributed by atoms with Crippen LogP contribution < -0.4 is 9.47 Å². The van der Waals surface area contributed by atoms with Crippen LogP contribution in [0.1, 0.15) is 53.7 Å². The van der Waals surface area contributed by atoms with E-state index in [2.05, 4.69) is 21.7 Å². The van der Waals surface area contributed by atoms with Crippen molar-refractivity contribution in [1.82, 2.24) is 19.6 Å². The average molecular weight is 423 g/mol. The Kier molecular flexibility index (Phi) is 4.49. The van der Waals surface area contributed by atoms with E-state index >= 15 is 0 Å². The van der Waals surface area contributed by atoms with Crippen LogP contribution in [0, 0.1) is 5.92 Å². The number of piperidine rings is 1. The Morgan fingerprint density at radius 1 is 1.16 bits per heavy atom. The summed E-state index contributed by atoms with van der Waals surface area (Å²) in [6.45, 7) is 4.96. The lowest BCUT2D eigenvalue weighted by molar-refractivity contribution is 0.0628. The standard InChI is InChI=1S/C24H30N4O3/c1-26-15-24(22-19(23(26)29)14-28(25-22)13-17-3-2-4-17)7-9-27(10-8-24)12-18-5-6-20-21(11-18)31-16-30-20/h5-6,11,14,17H,2-4,7-10,12-13,15-16H2,1H3. The Labute approximate surface area is 182 Å². The summed E-state index contributed by atoms with van der Waals surface area (Å²) < 4.78 is 13.0. The summed E-state index contributed by atoms with van der Waals surface area (Å²) in [5, 5.41) is 5.00. The van der Waals surface area contributed by atoms with Gasteiger partial charge in [-0.3, -0.25) is 14.4 Å².